The molecule has 1 aliphatic heterocycles. The van der Waals surface area contributed by atoms with E-state index in [1.165, 1.54) is 25.0 Å². The number of carbonyl (C=O) groups is 2. The molecule has 0 atom stereocenters. The van der Waals surface area contributed by atoms with Gasteiger partial charge in [-0.3, -0.25) is 0 Å². The minimum absolute atomic E-state index is 0.0417. The van der Waals surface area contributed by atoms with E-state index < -0.39 is 22.0 Å². The summed E-state index contributed by atoms with van der Waals surface area (Å²) in [5, 5.41) is 4.54. The molecular weight excluding hydrogens is 498 g/mol. The largest absolute Gasteiger partial charge is 0.465 e. The van der Waals surface area contributed by atoms with Gasteiger partial charge in [-0.1, -0.05) is 30.3 Å². The van der Waals surface area contributed by atoms with Crippen LogP contribution in [0, 0.1) is 0 Å². The highest BCUT2D eigenvalue weighted by Crippen LogP contribution is 2.32. The van der Waals surface area contributed by atoms with Crippen LogP contribution in [0.25, 0.3) is 16.9 Å². The number of benzene rings is 3. The third kappa shape index (κ3) is 4.25. The highest BCUT2D eigenvalue weighted by atomic mass is 32.2. The Morgan fingerprint density at radius 1 is 0.811 bits per heavy atom. The van der Waals surface area contributed by atoms with Crippen molar-refractivity contribution >= 4 is 27.9 Å². The Balaban J connectivity index is 1.56. The number of fused-ring (bicyclic) bond motifs is 1. The molecule has 3 aromatic carbocycles. The molecule has 0 bridgehead atoms. The number of hydrogen-bond donors (Lipinski definition) is 0. The average molecular weight is 518 g/mol. The molecule has 0 saturated heterocycles. The number of nitrogens with zero attached hydrogens (tertiary/aromatic N) is 3. The fourth-order valence-corrected chi connectivity index (χ4v) is 5.03. The van der Waals surface area contributed by atoms with Crippen molar-refractivity contribution in [2.45, 2.75) is 4.90 Å². The van der Waals surface area contributed by atoms with Gasteiger partial charge in [-0.15, -0.1) is 4.40 Å². The lowest BCUT2D eigenvalue weighted by Crippen LogP contribution is -2.15. The van der Waals surface area contributed by atoms with Gasteiger partial charge in [0.1, 0.15) is 21.9 Å². The molecule has 0 saturated carbocycles. The molecule has 0 unspecified atom stereocenters. The first kappa shape index (κ1) is 23.9. The molecule has 4 aromatic rings. The summed E-state index contributed by atoms with van der Waals surface area (Å²) in [4.78, 5) is 25.6. The molecule has 11 heteroatoms. The van der Waals surface area contributed by atoms with Crippen LogP contribution in [0.5, 0.6) is 5.75 Å². The third-order valence-corrected chi connectivity index (χ3v) is 6.91. The lowest BCUT2D eigenvalue weighted by Gasteiger charge is -2.07. The fraction of sp³-hybridized carbons (Fsp3) is 0.0769. The van der Waals surface area contributed by atoms with Crippen molar-refractivity contribution in [3.05, 3.63) is 95.7 Å². The monoisotopic (exact) mass is 517 g/mol. The Morgan fingerprint density at radius 2 is 1.46 bits per heavy atom. The molecule has 0 fully saturated rings. The van der Waals surface area contributed by atoms with Gasteiger partial charge in [0.15, 0.2) is 5.69 Å². The van der Waals surface area contributed by atoms with Gasteiger partial charge in [0.25, 0.3) is 10.0 Å². The third-order valence-electron chi connectivity index (χ3n) is 5.60. The maximum atomic E-state index is 12.8. The molecule has 0 spiro atoms. The van der Waals surface area contributed by atoms with Crippen LogP contribution < -0.4 is 4.74 Å². The fourth-order valence-electron chi connectivity index (χ4n) is 3.90. The number of ether oxygens (including phenoxy) is 3. The van der Waals surface area contributed by atoms with Crippen molar-refractivity contribution in [1.29, 1.82) is 0 Å². The predicted molar refractivity (Wildman–Crippen MR) is 132 cm³/mol. The van der Waals surface area contributed by atoms with Gasteiger partial charge in [0.05, 0.1) is 25.5 Å². The SMILES string of the molecule is COC(=O)c1c(-c2ccc(OC3=NS(=O)(=O)c4ccccc43)cc2)nn(-c2ccccc2)c1C(=O)OC. The first-order valence-corrected chi connectivity index (χ1v) is 12.4. The zero-order chi connectivity index (χ0) is 26.2. The van der Waals surface area contributed by atoms with Crippen LogP contribution in [-0.4, -0.2) is 50.3 Å². The second-order valence-corrected chi connectivity index (χ2v) is 9.37. The Bertz CT molecular complexity index is 1660. The predicted octanol–water partition coefficient (Wildman–Crippen LogP) is 3.64. The van der Waals surface area contributed by atoms with Crippen molar-refractivity contribution in [1.82, 2.24) is 9.78 Å². The quantitative estimate of drug-likeness (QED) is 0.367. The maximum absolute atomic E-state index is 12.8. The van der Waals surface area contributed by atoms with E-state index in [2.05, 4.69) is 9.50 Å². The first-order valence-electron chi connectivity index (χ1n) is 10.9. The Labute approximate surface area is 211 Å². The summed E-state index contributed by atoms with van der Waals surface area (Å²) < 4.78 is 45.3. The van der Waals surface area contributed by atoms with Gasteiger partial charge in [0.2, 0.25) is 5.90 Å². The summed E-state index contributed by atoms with van der Waals surface area (Å²) in [5.74, 6) is -1.26. The molecule has 186 valence electrons. The van der Waals surface area contributed by atoms with E-state index >= 15 is 0 Å². The molecule has 0 N–H and O–H groups in total. The summed E-state index contributed by atoms with van der Waals surface area (Å²) in [5.41, 5.74) is 1.43. The molecule has 1 aromatic heterocycles. The van der Waals surface area contributed by atoms with Gasteiger partial charge in [-0.25, -0.2) is 14.3 Å². The van der Waals surface area contributed by atoms with Crippen LogP contribution in [0.15, 0.2) is 88.2 Å². The van der Waals surface area contributed by atoms with Crippen LogP contribution in [0.4, 0.5) is 0 Å². The number of aromatic nitrogens is 2. The van der Waals surface area contributed by atoms with Crippen molar-refractivity contribution in [2.75, 3.05) is 14.2 Å². The molecule has 10 nitrogen and oxygen atoms in total. The molecule has 0 radical (unpaired) electrons. The molecule has 5 rings (SSSR count). The first-order chi connectivity index (χ1) is 17.8. The number of hydrogen-bond acceptors (Lipinski definition) is 8. The number of carbonyl (C=O) groups excluding carboxylic acids is 2. The summed E-state index contributed by atoms with van der Waals surface area (Å²) in [7, 11) is -1.41. The van der Waals surface area contributed by atoms with E-state index in [-0.39, 0.29) is 27.7 Å². The maximum Gasteiger partial charge on any atom is 0.357 e. The van der Waals surface area contributed by atoms with Gasteiger partial charge in [-0.05, 0) is 48.5 Å². The second kappa shape index (κ2) is 9.36. The van der Waals surface area contributed by atoms with Crippen molar-refractivity contribution in [3.8, 4) is 22.7 Å². The van der Waals surface area contributed by atoms with E-state index in [0.717, 1.165) is 0 Å². The van der Waals surface area contributed by atoms with Gasteiger partial charge in [-0.2, -0.15) is 13.5 Å². The van der Waals surface area contributed by atoms with Crippen LogP contribution in [-0.2, 0) is 19.5 Å². The van der Waals surface area contributed by atoms with E-state index in [1.807, 2.05) is 6.07 Å². The van der Waals surface area contributed by atoms with E-state index in [4.69, 9.17) is 14.2 Å². The van der Waals surface area contributed by atoms with Crippen molar-refractivity contribution in [3.63, 3.8) is 0 Å². The van der Waals surface area contributed by atoms with Gasteiger partial charge < -0.3 is 14.2 Å². The van der Waals surface area contributed by atoms with Crippen LogP contribution in [0.2, 0.25) is 0 Å². The van der Waals surface area contributed by atoms with E-state index in [9.17, 15) is 18.0 Å². The number of para-hydroxylation sites is 1. The minimum Gasteiger partial charge on any atom is -0.465 e. The highest BCUT2D eigenvalue weighted by molar-refractivity contribution is 7.90. The molecule has 37 heavy (non-hydrogen) atoms. The van der Waals surface area contributed by atoms with Crippen LogP contribution in [0.3, 0.4) is 0 Å². The van der Waals surface area contributed by atoms with Crippen molar-refractivity contribution in [2.24, 2.45) is 4.40 Å². The number of esters is 2. The normalized spacial score (nSPS) is 13.4. The van der Waals surface area contributed by atoms with Crippen LogP contribution in [0.1, 0.15) is 26.4 Å². The summed E-state index contributed by atoms with van der Waals surface area (Å²) >= 11 is 0. The molecule has 1 aliphatic rings. The molecule has 0 aliphatic carbocycles. The zero-order valence-electron chi connectivity index (χ0n) is 19.6. The highest BCUT2D eigenvalue weighted by Gasteiger charge is 2.32. The second-order valence-electron chi connectivity index (χ2n) is 7.80. The van der Waals surface area contributed by atoms with E-state index in [0.29, 0.717) is 22.6 Å². The Morgan fingerprint density at radius 3 is 2.14 bits per heavy atom. The molecular formula is C26H19N3O7S. The van der Waals surface area contributed by atoms with Gasteiger partial charge >= 0.3 is 11.9 Å². The number of sulfonamides is 1. The number of rotatable bonds is 5. The summed E-state index contributed by atoms with van der Waals surface area (Å²) in [6.45, 7) is 0. The van der Waals surface area contributed by atoms with Crippen molar-refractivity contribution < 1.29 is 32.2 Å². The topological polar surface area (TPSA) is 126 Å². The Kier molecular flexibility index (Phi) is 6.06. The summed E-state index contributed by atoms with van der Waals surface area (Å²) in [6, 6.07) is 21.6. The zero-order valence-corrected chi connectivity index (χ0v) is 20.4. The summed E-state index contributed by atoms with van der Waals surface area (Å²) in [6.07, 6.45) is 0. The lowest BCUT2D eigenvalue weighted by molar-refractivity contribution is 0.0549. The minimum atomic E-state index is -3.83. The van der Waals surface area contributed by atoms with Crippen LogP contribution >= 0.6 is 0 Å². The lowest BCUT2D eigenvalue weighted by atomic mass is 10.1. The average Bonchev–Trinajstić information content (AvgIpc) is 3.44. The number of methoxy groups -OCH3 is 2. The standard InChI is InChI=1S/C26H19N3O7S/c1-34-25(30)21-22(27-29(23(21)26(31)35-2)17-8-4-3-5-9-17)16-12-14-18(15-13-16)36-24-19-10-6-7-11-20(19)37(32,33)28-24/h3-15H,1-2H3. The smallest absolute Gasteiger partial charge is 0.357 e. The Hall–Kier alpha value is -4.77. The van der Waals surface area contributed by atoms with Gasteiger partial charge in [0, 0.05) is 5.56 Å². The molecule has 0 amide bonds. The molecule has 2 heterocycles. The van der Waals surface area contributed by atoms with E-state index in [1.54, 1.807) is 66.7 Å².